The second-order valence-corrected chi connectivity index (χ2v) is 15.6. The molecule has 12 aromatic carbocycles. The maximum absolute atomic E-state index is 6.28. The Morgan fingerprint density at radius 3 is 1.35 bits per heavy atom. The molecular formula is C56H32O. The molecule has 1 aromatic heterocycles. The number of fused-ring (bicyclic) bond motifs is 3. The Morgan fingerprint density at radius 2 is 0.684 bits per heavy atom. The van der Waals surface area contributed by atoms with Gasteiger partial charge in [-0.1, -0.05) is 170 Å². The van der Waals surface area contributed by atoms with Crippen molar-refractivity contribution in [3.05, 3.63) is 194 Å². The van der Waals surface area contributed by atoms with E-state index in [1.807, 2.05) is 6.07 Å². The zero-order valence-electron chi connectivity index (χ0n) is 30.9. The number of hydrogen-bond acceptors (Lipinski definition) is 1. The van der Waals surface area contributed by atoms with Gasteiger partial charge in [0.1, 0.15) is 11.2 Å². The molecule has 1 heterocycles. The lowest BCUT2D eigenvalue weighted by Crippen LogP contribution is -1.93. The second-order valence-electron chi connectivity index (χ2n) is 15.6. The van der Waals surface area contributed by atoms with E-state index in [1.54, 1.807) is 0 Å². The minimum absolute atomic E-state index is 0.906. The van der Waals surface area contributed by atoms with Gasteiger partial charge in [0.2, 0.25) is 0 Å². The Hall–Kier alpha value is -7.48. The van der Waals surface area contributed by atoms with Crippen molar-refractivity contribution in [3.63, 3.8) is 0 Å². The average molecular weight is 721 g/mol. The number of para-hydroxylation sites is 1. The molecule has 1 nitrogen and oxygen atoms in total. The van der Waals surface area contributed by atoms with Crippen LogP contribution in [0.3, 0.4) is 0 Å². The van der Waals surface area contributed by atoms with Crippen LogP contribution in [-0.2, 0) is 0 Å². The van der Waals surface area contributed by atoms with Gasteiger partial charge in [0, 0.05) is 10.8 Å². The highest BCUT2D eigenvalue weighted by molar-refractivity contribution is 6.27. The number of furan rings is 1. The molecule has 0 N–H and O–H groups in total. The Kier molecular flexibility index (Phi) is 6.23. The lowest BCUT2D eigenvalue weighted by atomic mass is 9.84. The van der Waals surface area contributed by atoms with Crippen molar-refractivity contribution in [2.45, 2.75) is 0 Å². The third-order valence-corrected chi connectivity index (χ3v) is 12.6. The zero-order chi connectivity index (χ0) is 37.2. The third-order valence-electron chi connectivity index (χ3n) is 12.6. The normalized spacial score (nSPS) is 12.2. The van der Waals surface area contributed by atoms with E-state index in [0.717, 1.165) is 21.9 Å². The van der Waals surface area contributed by atoms with E-state index in [4.69, 9.17) is 4.42 Å². The van der Waals surface area contributed by atoms with Crippen LogP contribution in [0.25, 0.3) is 131 Å². The third kappa shape index (κ3) is 4.40. The van der Waals surface area contributed by atoms with E-state index in [0.29, 0.717) is 0 Å². The van der Waals surface area contributed by atoms with Gasteiger partial charge in [-0.15, -0.1) is 0 Å². The van der Waals surface area contributed by atoms with Gasteiger partial charge in [0.05, 0.1) is 0 Å². The van der Waals surface area contributed by atoms with Crippen molar-refractivity contribution in [1.29, 1.82) is 0 Å². The summed E-state index contributed by atoms with van der Waals surface area (Å²) in [6, 6.07) is 71.9. The topological polar surface area (TPSA) is 13.1 Å². The highest BCUT2D eigenvalue weighted by Crippen LogP contribution is 2.46. The van der Waals surface area contributed by atoms with E-state index >= 15 is 0 Å². The predicted molar refractivity (Wildman–Crippen MR) is 243 cm³/mol. The Balaban J connectivity index is 1.08. The lowest BCUT2D eigenvalue weighted by Gasteiger charge is -2.19. The van der Waals surface area contributed by atoms with Crippen LogP contribution in [0, 0.1) is 0 Å². The highest BCUT2D eigenvalue weighted by Gasteiger charge is 2.20. The SMILES string of the molecule is c1ccc(-c2ccc3ccc4cccc5ccc2c3c45)c(-c2ccc(-c3ccc4oc5ccccc5c4c3)c(-c3ccc4ccc5cccc6ccc3c4c56)c2)c1. The second kappa shape index (κ2) is 11.5. The quantitative estimate of drug-likeness (QED) is 0.165. The highest BCUT2D eigenvalue weighted by atomic mass is 16.3. The fourth-order valence-electron chi connectivity index (χ4n) is 9.99. The molecule has 0 radical (unpaired) electrons. The largest absolute Gasteiger partial charge is 0.456 e. The van der Waals surface area contributed by atoms with E-state index < -0.39 is 0 Å². The smallest absolute Gasteiger partial charge is 0.135 e. The fraction of sp³-hybridized carbons (Fsp3) is 0. The molecule has 0 saturated heterocycles. The standard InChI is InChI=1S/C56H32O/c1-2-12-43(44-26-19-37-17-15-33-7-5-9-35-21-28-47(44)55(37)53(33)35)41(11-1)39-23-25-42(40-24-30-52-50(32-40)46-13-3-4-14-51(46)57-52)49(31-39)45-27-20-38-18-16-34-8-6-10-36-22-29-48(45)56(38)54(34)36/h1-32H. The summed E-state index contributed by atoms with van der Waals surface area (Å²) in [7, 11) is 0. The van der Waals surface area contributed by atoms with Crippen LogP contribution in [-0.4, -0.2) is 0 Å². The van der Waals surface area contributed by atoms with Gasteiger partial charge in [-0.05, 0) is 133 Å². The summed E-state index contributed by atoms with van der Waals surface area (Å²) in [6.07, 6.45) is 0. The van der Waals surface area contributed by atoms with Crippen LogP contribution < -0.4 is 0 Å². The van der Waals surface area contributed by atoms with Gasteiger partial charge in [0.15, 0.2) is 0 Å². The van der Waals surface area contributed by atoms with E-state index in [9.17, 15) is 0 Å². The summed E-state index contributed by atoms with van der Waals surface area (Å²) in [4.78, 5) is 0. The summed E-state index contributed by atoms with van der Waals surface area (Å²) >= 11 is 0. The van der Waals surface area contributed by atoms with Crippen molar-refractivity contribution in [1.82, 2.24) is 0 Å². The molecule has 0 atom stereocenters. The zero-order valence-corrected chi connectivity index (χ0v) is 30.9. The van der Waals surface area contributed by atoms with Gasteiger partial charge in [0.25, 0.3) is 0 Å². The van der Waals surface area contributed by atoms with Gasteiger partial charge in [-0.2, -0.15) is 0 Å². The van der Waals surface area contributed by atoms with Gasteiger partial charge < -0.3 is 4.42 Å². The van der Waals surface area contributed by atoms with Crippen LogP contribution >= 0.6 is 0 Å². The van der Waals surface area contributed by atoms with Crippen molar-refractivity contribution >= 4 is 86.6 Å². The monoisotopic (exact) mass is 720 g/mol. The molecular weight excluding hydrogens is 689 g/mol. The van der Waals surface area contributed by atoms with Crippen LogP contribution in [0.5, 0.6) is 0 Å². The lowest BCUT2D eigenvalue weighted by molar-refractivity contribution is 0.669. The number of hydrogen-bond donors (Lipinski definition) is 0. The van der Waals surface area contributed by atoms with Crippen LogP contribution in [0.2, 0.25) is 0 Å². The average Bonchev–Trinajstić information content (AvgIpc) is 3.65. The van der Waals surface area contributed by atoms with Crippen LogP contribution in [0.15, 0.2) is 199 Å². The molecule has 0 fully saturated rings. The molecule has 57 heavy (non-hydrogen) atoms. The molecule has 0 saturated carbocycles. The van der Waals surface area contributed by atoms with E-state index in [1.165, 1.54) is 109 Å². The van der Waals surface area contributed by atoms with Gasteiger partial charge >= 0.3 is 0 Å². The van der Waals surface area contributed by atoms with Crippen molar-refractivity contribution in [3.8, 4) is 44.5 Å². The van der Waals surface area contributed by atoms with Crippen molar-refractivity contribution in [2.75, 3.05) is 0 Å². The molecule has 0 aliphatic heterocycles. The molecule has 13 aromatic rings. The molecule has 262 valence electrons. The molecule has 1 heteroatoms. The summed E-state index contributed by atoms with van der Waals surface area (Å²) in [5, 5.41) is 17.8. The Bertz CT molecular complexity index is 3720. The van der Waals surface area contributed by atoms with Crippen LogP contribution in [0.1, 0.15) is 0 Å². The maximum atomic E-state index is 6.28. The number of rotatable bonds is 4. The minimum atomic E-state index is 0.906. The van der Waals surface area contributed by atoms with Gasteiger partial charge in [-0.25, -0.2) is 0 Å². The molecule has 0 unspecified atom stereocenters. The summed E-state index contributed by atoms with van der Waals surface area (Å²) in [6.45, 7) is 0. The van der Waals surface area contributed by atoms with E-state index in [-0.39, 0.29) is 0 Å². The first kappa shape index (κ1) is 30.8. The predicted octanol–water partition coefficient (Wildman–Crippen LogP) is 16.0. The molecule has 0 amide bonds. The number of benzene rings is 12. The molecule has 13 rings (SSSR count). The van der Waals surface area contributed by atoms with E-state index in [2.05, 4.69) is 188 Å². The minimum Gasteiger partial charge on any atom is -0.456 e. The van der Waals surface area contributed by atoms with Crippen molar-refractivity contribution in [2.24, 2.45) is 0 Å². The van der Waals surface area contributed by atoms with Crippen LogP contribution in [0.4, 0.5) is 0 Å². The van der Waals surface area contributed by atoms with Crippen molar-refractivity contribution < 1.29 is 4.42 Å². The molecule has 0 bridgehead atoms. The van der Waals surface area contributed by atoms with Gasteiger partial charge in [-0.3, -0.25) is 0 Å². The summed E-state index contributed by atoms with van der Waals surface area (Å²) < 4.78 is 6.28. The first-order valence-corrected chi connectivity index (χ1v) is 19.7. The first-order valence-electron chi connectivity index (χ1n) is 19.7. The maximum Gasteiger partial charge on any atom is 0.135 e. The Labute approximate surface area is 328 Å². The summed E-state index contributed by atoms with van der Waals surface area (Å²) in [5.74, 6) is 0. The first-order chi connectivity index (χ1) is 28.2. The molecule has 0 aliphatic carbocycles. The molecule has 0 aliphatic rings. The summed E-state index contributed by atoms with van der Waals surface area (Å²) in [5.41, 5.74) is 11.5. The Morgan fingerprint density at radius 1 is 0.228 bits per heavy atom. The fourth-order valence-corrected chi connectivity index (χ4v) is 9.99. The molecule has 0 spiro atoms.